The lowest BCUT2D eigenvalue weighted by molar-refractivity contribution is 1.08. The Labute approximate surface area is 219 Å². The molecule has 0 amide bonds. The summed E-state index contributed by atoms with van der Waals surface area (Å²) in [4.78, 5) is 9.47. The Morgan fingerprint density at radius 3 is 2.37 bits per heavy atom. The average Bonchev–Trinajstić information content (AvgIpc) is 3.55. The SMILES string of the molecule is c1ccc(-n2ccc3cc4c5ccc6ccccc6c5n(-c5cccc(-c6cccnc6)n5)c4cc32)cc1. The van der Waals surface area contributed by atoms with Crippen LogP contribution in [-0.2, 0) is 0 Å². The maximum absolute atomic E-state index is 5.16. The van der Waals surface area contributed by atoms with E-state index in [1.165, 1.54) is 38.0 Å². The highest BCUT2D eigenvalue weighted by atomic mass is 15.1. The summed E-state index contributed by atoms with van der Waals surface area (Å²) in [5.41, 5.74) is 6.52. The summed E-state index contributed by atoms with van der Waals surface area (Å²) in [5, 5.41) is 6.08. The number of fused-ring (bicyclic) bond motifs is 6. The van der Waals surface area contributed by atoms with Crippen molar-refractivity contribution in [2.75, 3.05) is 0 Å². The van der Waals surface area contributed by atoms with E-state index in [1.54, 1.807) is 6.20 Å². The molecule has 0 saturated carbocycles. The topological polar surface area (TPSA) is 35.6 Å². The van der Waals surface area contributed by atoms with Crippen LogP contribution in [0.1, 0.15) is 0 Å². The summed E-state index contributed by atoms with van der Waals surface area (Å²) in [6.07, 6.45) is 5.81. The molecule has 0 atom stereocenters. The maximum atomic E-state index is 5.16. The fourth-order valence-corrected chi connectivity index (χ4v) is 5.68. The van der Waals surface area contributed by atoms with Gasteiger partial charge < -0.3 is 4.57 Å². The second-order valence-corrected chi connectivity index (χ2v) is 9.59. The molecule has 8 rings (SSSR count). The Balaban J connectivity index is 1.50. The minimum Gasteiger partial charge on any atom is -0.316 e. The summed E-state index contributed by atoms with van der Waals surface area (Å²) in [6.45, 7) is 0. The molecular weight excluding hydrogens is 464 g/mol. The summed E-state index contributed by atoms with van der Waals surface area (Å²) < 4.78 is 4.59. The Morgan fingerprint density at radius 1 is 0.579 bits per heavy atom. The van der Waals surface area contributed by atoms with E-state index in [0.29, 0.717) is 0 Å². The quantitative estimate of drug-likeness (QED) is 0.252. The number of para-hydroxylation sites is 1. The largest absolute Gasteiger partial charge is 0.316 e. The fraction of sp³-hybridized carbons (Fsp3) is 0. The van der Waals surface area contributed by atoms with Crippen LogP contribution in [0.3, 0.4) is 0 Å². The highest BCUT2D eigenvalue weighted by molar-refractivity contribution is 6.20. The first kappa shape index (κ1) is 20.9. The van der Waals surface area contributed by atoms with Crippen molar-refractivity contribution >= 4 is 43.5 Å². The van der Waals surface area contributed by atoms with E-state index >= 15 is 0 Å². The van der Waals surface area contributed by atoms with Crippen molar-refractivity contribution in [3.63, 3.8) is 0 Å². The summed E-state index contributed by atoms with van der Waals surface area (Å²) in [6, 6.07) is 40.6. The highest BCUT2D eigenvalue weighted by Crippen LogP contribution is 2.39. The molecule has 38 heavy (non-hydrogen) atoms. The summed E-state index contributed by atoms with van der Waals surface area (Å²) in [7, 11) is 0. The first-order valence-electron chi connectivity index (χ1n) is 12.8. The van der Waals surface area contributed by atoms with Crippen LogP contribution >= 0.6 is 0 Å². The van der Waals surface area contributed by atoms with E-state index in [4.69, 9.17) is 4.98 Å². The zero-order valence-corrected chi connectivity index (χ0v) is 20.5. The van der Waals surface area contributed by atoms with Crippen LogP contribution in [0.25, 0.3) is 66.2 Å². The van der Waals surface area contributed by atoms with Crippen LogP contribution in [0, 0.1) is 0 Å². The Hall–Kier alpha value is -5.22. The summed E-state index contributed by atoms with van der Waals surface area (Å²) in [5.74, 6) is 0.889. The zero-order valence-electron chi connectivity index (χ0n) is 20.5. The minimum absolute atomic E-state index is 0.889. The van der Waals surface area contributed by atoms with Crippen LogP contribution in [0.4, 0.5) is 0 Å². The molecule has 0 unspecified atom stereocenters. The fourth-order valence-electron chi connectivity index (χ4n) is 5.68. The van der Waals surface area contributed by atoms with Gasteiger partial charge in [-0.2, -0.15) is 0 Å². The molecule has 0 aliphatic rings. The molecule has 0 bridgehead atoms. The molecule has 8 aromatic rings. The minimum atomic E-state index is 0.889. The number of rotatable bonds is 3. The first-order chi connectivity index (χ1) is 18.8. The Morgan fingerprint density at radius 2 is 1.47 bits per heavy atom. The summed E-state index contributed by atoms with van der Waals surface area (Å²) >= 11 is 0. The van der Waals surface area contributed by atoms with Crippen LogP contribution in [0.5, 0.6) is 0 Å². The molecule has 4 aromatic heterocycles. The van der Waals surface area contributed by atoms with Crippen LogP contribution < -0.4 is 0 Å². The molecule has 4 heterocycles. The van der Waals surface area contributed by atoms with Gasteiger partial charge in [-0.25, -0.2) is 4.98 Å². The Kier molecular flexibility index (Phi) is 4.49. The number of benzene rings is 4. The molecule has 0 aliphatic carbocycles. The average molecular weight is 487 g/mol. The van der Waals surface area contributed by atoms with Crippen molar-refractivity contribution in [3.05, 3.63) is 134 Å². The van der Waals surface area contributed by atoms with Crippen molar-refractivity contribution in [1.29, 1.82) is 0 Å². The molecule has 178 valence electrons. The van der Waals surface area contributed by atoms with Gasteiger partial charge in [0, 0.05) is 51.4 Å². The van der Waals surface area contributed by atoms with Gasteiger partial charge in [-0.05, 0) is 60.0 Å². The van der Waals surface area contributed by atoms with Crippen molar-refractivity contribution in [3.8, 4) is 22.8 Å². The number of aromatic nitrogens is 4. The van der Waals surface area contributed by atoms with Gasteiger partial charge in [0.25, 0.3) is 0 Å². The van der Waals surface area contributed by atoms with Crippen LogP contribution in [0.2, 0.25) is 0 Å². The standard InChI is InChI=1S/C34H22N4/c1-2-10-26(11-3-1)37-19-17-24-20-29-28-16-15-23-8-4-5-12-27(23)34(28)38(32(29)21-31(24)37)33-14-6-13-30(36-33)25-9-7-18-35-22-25/h1-22H. The van der Waals surface area contributed by atoms with Crippen molar-refractivity contribution < 1.29 is 0 Å². The van der Waals surface area contributed by atoms with Crippen molar-refractivity contribution in [2.24, 2.45) is 0 Å². The van der Waals surface area contributed by atoms with E-state index in [1.807, 2.05) is 18.3 Å². The van der Waals surface area contributed by atoms with Gasteiger partial charge in [0.05, 0.1) is 22.2 Å². The van der Waals surface area contributed by atoms with E-state index in [-0.39, 0.29) is 0 Å². The predicted octanol–water partition coefficient (Wildman–Crippen LogP) is 8.34. The molecule has 0 aliphatic heterocycles. The van der Waals surface area contributed by atoms with Gasteiger partial charge in [0.1, 0.15) is 5.82 Å². The number of nitrogens with zero attached hydrogens (tertiary/aromatic N) is 4. The van der Waals surface area contributed by atoms with E-state index < -0.39 is 0 Å². The molecule has 4 nitrogen and oxygen atoms in total. The molecular formula is C34H22N4. The lowest BCUT2D eigenvalue weighted by atomic mass is 10.1. The predicted molar refractivity (Wildman–Crippen MR) is 156 cm³/mol. The van der Waals surface area contributed by atoms with E-state index in [2.05, 4.69) is 123 Å². The third kappa shape index (κ3) is 3.10. The van der Waals surface area contributed by atoms with E-state index in [0.717, 1.165) is 28.3 Å². The zero-order chi connectivity index (χ0) is 25.1. The number of pyridine rings is 2. The third-order valence-electron chi connectivity index (χ3n) is 7.42. The second kappa shape index (κ2) is 8.15. The van der Waals surface area contributed by atoms with Gasteiger partial charge in [0.15, 0.2) is 0 Å². The molecule has 0 spiro atoms. The molecule has 0 radical (unpaired) electrons. The molecule has 4 heteroatoms. The molecule has 0 fully saturated rings. The number of hydrogen-bond donors (Lipinski definition) is 0. The highest BCUT2D eigenvalue weighted by Gasteiger charge is 2.18. The van der Waals surface area contributed by atoms with Crippen LogP contribution in [-0.4, -0.2) is 19.1 Å². The van der Waals surface area contributed by atoms with Gasteiger partial charge >= 0.3 is 0 Å². The van der Waals surface area contributed by atoms with Crippen molar-refractivity contribution in [2.45, 2.75) is 0 Å². The second-order valence-electron chi connectivity index (χ2n) is 9.59. The third-order valence-corrected chi connectivity index (χ3v) is 7.42. The van der Waals surface area contributed by atoms with Gasteiger partial charge in [-0.15, -0.1) is 0 Å². The molecule has 0 N–H and O–H groups in total. The first-order valence-corrected chi connectivity index (χ1v) is 12.8. The normalized spacial score (nSPS) is 11.7. The monoisotopic (exact) mass is 486 g/mol. The van der Waals surface area contributed by atoms with Gasteiger partial charge in [0.2, 0.25) is 0 Å². The van der Waals surface area contributed by atoms with Gasteiger partial charge in [-0.1, -0.05) is 60.7 Å². The lowest BCUT2D eigenvalue weighted by Crippen LogP contribution is -1.99. The molecule has 0 saturated heterocycles. The maximum Gasteiger partial charge on any atom is 0.138 e. The van der Waals surface area contributed by atoms with E-state index in [9.17, 15) is 0 Å². The smallest absolute Gasteiger partial charge is 0.138 e. The molecule has 4 aromatic carbocycles. The number of hydrogen-bond acceptors (Lipinski definition) is 2. The van der Waals surface area contributed by atoms with Crippen molar-refractivity contribution in [1.82, 2.24) is 19.1 Å². The lowest BCUT2D eigenvalue weighted by Gasteiger charge is -2.11. The Bertz CT molecular complexity index is 2120. The van der Waals surface area contributed by atoms with Crippen LogP contribution in [0.15, 0.2) is 134 Å². The van der Waals surface area contributed by atoms with Gasteiger partial charge in [-0.3, -0.25) is 9.55 Å².